The first kappa shape index (κ1) is 12.8. The SMILES string of the molecule is CCC(=O)Nc1ccc(NCC2CCCO2)cn1. The maximum absolute atomic E-state index is 11.2. The van der Waals surface area contributed by atoms with Crippen molar-refractivity contribution in [2.45, 2.75) is 32.3 Å². The molecule has 1 aliphatic heterocycles. The second kappa shape index (κ2) is 6.35. The van der Waals surface area contributed by atoms with Gasteiger partial charge in [0.1, 0.15) is 5.82 Å². The number of ether oxygens (including phenoxy) is 1. The molecule has 1 aromatic rings. The topological polar surface area (TPSA) is 63.2 Å². The standard InChI is InChI=1S/C13H19N3O2/c1-2-13(17)16-12-6-5-10(8-15-12)14-9-11-4-3-7-18-11/h5-6,8,11,14H,2-4,7,9H2,1H3,(H,15,16,17). The monoisotopic (exact) mass is 249 g/mol. The maximum Gasteiger partial charge on any atom is 0.225 e. The highest BCUT2D eigenvalue weighted by Crippen LogP contribution is 2.14. The van der Waals surface area contributed by atoms with Gasteiger partial charge in [-0.25, -0.2) is 4.98 Å². The summed E-state index contributed by atoms with van der Waals surface area (Å²) in [5, 5.41) is 5.99. The van der Waals surface area contributed by atoms with Crippen LogP contribution in [0.15, 0.2) is 18.3 Å². The maximum atomic E-state index is 11.2. The molecule has 18 heavy (non-hydrogen) atoms. The summed E-state index contributed by atoms with van der Waals surface area (Å²) in [7, 11) is 0. The van der Waals surface area contributed by atoms with Gasteiger partial charge in [0, 0.05) is 19.6 Å². The number of nitrogens with one attached hydrogen (secondary N) is 2. The number of nitrogens with zero attached hydrogens (tertiary/aromatic N) is 1. The summed E-state index contributed by atoms with van der Waals surface area (Å²) in [5.74, 6) is 0.562. The number of amides is 1. The first-order valence-electron chi connectivity index (χ1n) is 6.39. The van der Waals surface area contributed by atoms with E-state index in [0.717, 1.165) is 31.7 Å². The molecule has 2 N–H and O–H groups in total. The summed E-state index contributed by atoms with van der Waals surface area (Å²) < 4.78 is 5.53. The van der Waals surface area contributed by atoms with Crippen molar-refractivity contribution in [1.82, 2.24) is 4.98 Å². The van der Waals surface area contributed by atoms with Gasteiger partial charge in [-0.15, -0.1) is 0 Å². The molecule has 1 amide bonds. The van der Waals surface area contributed by atoms with Gasteiger partial charge in [-0.2, -0.15) is 0 Å². The first-order chi connectivity index (χ1) is 8.78. The Balaban J connectivity index is 1.81. The van der Waals surface area contributed by atoms with E-state index in [4.69, 9.17) is 4.74 Å². The molecule has 1 aliphatic rings. The minimum absolute atomic E-state index is 0.0254. The lowest BCUT2D eigenvalue weighted by Crippen LogP contribution is -2.18. The van der Waals surface area contributed by atoms with Crippen LogP contribution in [0.2, 0.25) is 0 Å². The van der Waals surface area contributed by atoms with E-state index >= 15 is 0 Å². The van der Waals surface area contributed by atoms with E-state index in [1.807, 2.05) is 13.0 Å². The molecule has 5 nitrogen and oxygen atoms in total. The zero-order valence-corrected chi connectivity index (χ0v) is 10.6. The average Bonchev–Trinajstić information content (AvgIpc) is 2.91. The van der Waals surface area contributed by atoms with Crippen LogP contribution < -0.4 is 10.6 Å². The molecule has 1 unspecified atom stereocenters. The molecule has 98 valence electrons. The molecule has 2 rings (SSSR count). The Labute approximate surface area is 107 Å². The number of carbonyl (C=O) groups excluding carboxylic acids is 1. The van der Waals surface area contributed by atoms with Crippen LogP contribution in [0.1, 0.15) is 26.2 Å². The Bertz CT molecular complexity index is 386. The van der Waals surface area contributed by atoms with Gasteiger partial charge in [0.05, 0.1) is 18.0 Å². The number of pyridine rings is 1. The lowest BCUT2D eigenvalue weighted by Gasteiger charge is -2.11. The van der Waals surface area contributed by atoms with Crippen molar-refractivity contribution in [1.29, 1.82) is 0 Å². The Hall–Kier alpha value is -1.62. The van der Waals surface area contributed by atoms with Gasteiger partial charge in [-0.1, -0.05) is 6.92 Å². The summed E-state index contributed by atoms with van der Waals surface area (Å²) >= 11 is 0. The molecule has 1 fully saturated rings. The van der Waals surface area contributed by atoms with Crippen LogP contribution in [-0.4, -0.2) is 30.1 Å². The number of aromatic nitrogens is 1. The smallest absolute Gasteiger partial charge is 0.225 e. The summed E-state index contributed by atoms with van der Waals surface area (Å²) in [6, 6.07) is 3.71. The molecule has 1 aromatic heterocycles. The summed E-state index contributed by atoms with van der Waals surface area (Å²) in [6.07, 6.45) is 4.75. The van der Waals surface area contributed by atoms with Crippen LogP contribution in [0.3, 0.4) is 0 Å². The zero-order valence-electron chi connectivity index (χ0n) is 10.6. The molecule has 0 bridgehead atoms. The Morgan fingerprint density at radius 1 is 1.56 bits per heavy atom. The second-order valence-electron chi connectivity index (χ2n) is 4.35. The van der Waals surface area contributed by atoms with Gasteiger partial charge in [-0.05, 0) is 25.0 Å². The fraction of sp³-hybridized carbons (Fsp3) is 0.538. The molecule has 2 heterocycles. The van der Waals surface area contributed by atoms with E-state index in [9.17, 15) is 4.79 Å². The number of hydrogen-bond acceptors (Lipinski definition) is 4. The van der Waals surface area contributed by atoms with Gasteiger partial charge >= 0.3 is 0 Å². The van der Waals surface area contributed by atoms with Gasteiger partial charge in [0.15, 0.2) is 0 Å². The highest BCUT2D eigenvalue weighted by molar-refractivity contribution is 5.89. The third-order valence-corrected chi connectivity index (χ3v) is 2.91. The molecule has 0 saturated carbocycles. The predicted molar refractivity (Wildman–Crippen MR) is 70.6 cm³/mol. The van der Waals surface area contributed by atoms with E-state index in [1.165, 1.54) is 0 Å². The lowest BCUT2D eigenvalue weighted by atomic mass is 10.2. The first-order valence-corrected chi connectivity index (χ1v) is 6.39. The zero-order chi connectivity index (χ0) is 12.8. The third-order valence-electron chi connectivity index (χ3n) is 2.91. The fourth-order valence-corrected chi connectivity index (χ4v) is 1.84. The molecule has 5 heteroatoms. The normalized spacial score (nSPS) is 18.6. The van der Waals surface area contributed by atoms with Crippen molar-refractivity contribution in [2.24, 2.45) is 0 Å². The third kappa shape index (κ3) is 3.70. The largest absolute Gasteiger partial charge is 0.381 e. The number of rotatable bonds is 5. The second-order valence-corrected chi connectivity index (χ2v) is 4.35. The molecule has 0 radical (unpaired) electrons. The Kier molecular flexibility index (Phi) is 4.52. The van der Waals surface area contributed by atoms with Crippen molar-refractivity contribution >= 4 is 17.4 Å². The van der Waals surface area contributed by atoms with Crippen LogP contribution in [0, 0.1) is 0 Å². The highest BCUT2D eigenvalue weighted by atomic mass is 16.5. The molecular formula is C13H19N3O2. The van der Waals surface area contributed by atoms with Crippen molar-refractivity contribution < 1.29 is 9.53 Å². The van der Waals surface area contributed by atoms with Gasteiger partial charge in [0.2, 0.25) is 5.91 Å². The van der Waals surface area contributed by atoms with Crippen molar-refractivity contribution in [2.75, 3.05) is 23.8 Å². The van der Waals surface area contributed by atoms with Gasteiger partial charge in [0.25, 0.3) is 0 Å². The average molecular weight is 249 g/mol. The number of hydrogen-bond donors (Lipinski definition) is 2. The fourth-order valence-electron chi connectivity index (χ4n) is 1.84. The summed E-state index contributed by atoms with van der Waals surface area (Å²) in [6.45, 7) is 3.49. The summed E-state index contributed by atoms with van der Waals surface area (Å²) in [5.41, 5.74) is 0.944. The van der Waals surface area contributed by atoms with Crippen LogP contribution >= 0.6 is 0 Å². The quantitative estimate of drug-likeness (QED) is 0.838. The molecule has 0 aliphatic carbocycles. The van der Waals surface area contributed by atoms with Crippen LogP contribution in [0.4, 0.5) is 11.5 Å². The van der Waals surface area contributed by atoms with Crippen LogP contribution in [0.5, 0.6) is 0 Å². The van der Waals surface area contributed by atoms with E-state index in [-0.39, 0.29) is 5.91 Å². The molecule has 1 saturated heterocycles. The van der Waals surface area contributed by atoms with Crippen molar-refractivity contribution in [3.63, 3.8) is 0 Å². The van der Waals surface area contributed by atoms with Crippen molar-refractivity contribution in [3.8, 4) is 0 Å². The summed E-state index contributed by atoms with van der Waals surface area (Å²) in [4.78, 5) is 15.4. The molecular weight excluding hydrogens is 230 g/mol. The minimum atomic E-state index is -0.0254. The van der Waals surface area contributed by atoms with Crippen LogP contribution in [0.25, 0.3) is 0 Å². The van der Waals surface area contributed by atoms with E-state index in [1.54, 1.807) is 12.3 Å². The Morgan fingerprint density at radius 3 is 3.06 bits per heavy atom. The highest BCUT2D eigenvalue weighted by Gasteiger charge is 2.14. The molecule has 0 spiro atoms. The predicted octanol–water partition coefficient (Wildman–Crippen LogP) is 2.02. The van der Waals surface area contributed by atoms with Crippen molar-refractivity contribution in [3.05, 3.63) is 18.3 Å². The minimum Gasteiger partial charge on any atom is -0.381 e. The van der Waals surface area contributed by atoms with E-state index < -0.39 is 0 Å². The molecule has 1 atom stereocenters. The Morgan fingerprint density at radius 2 is 2.44 bits per heavy atom. The lowest BCUT2D eigenvalue weighted by molar-refractivity contribution is -0.115. The molecule has 0 aromatic carbocycles. The number of carbonyl (C=O) groups is 1. The van der Waals surface area contributed by atoms with Crippen LogP contribution in [-0.2, 0) is 9.53 Å². The van der Waals surface area contributed by atoms with E-state index in [2.05, 4.69) is 15.6 Å². The van der Waals surface area contributed by atoms with Gasteiger partial charge < -0.3 is 15.4 Å². The van der Waals surface area contributed by atoms with E-state index in [0.29, 0.717) is 18.3 Å². The van der Waals surface area contributed by atoms with Gasteiger partial charge in [-0.3, -0.25) is 4.79 Å². The number of anilines is 2.